The second kappa shape index (κ2) is 6.64. The number of nitrogens with two attached hydrogens (primary N) is 1. The first-order valence-corrected chi connectivity index (χ1v) is 7.76. The second-order valence-electron chi connectivity index (χ2n) is 5.11. The summed E-state index contributed by atoms with van der Waals surface area (Å²) in [5, 5.41) is 3.64. The minimum absolute atomic E-state index is 0. The average molecular weight is 298 g/mol. The van der Waals surface area contributed by atoms with Crippen molar-refractivity contribution in [3.8, 4) is 0 Å². The predicted octanol–water partition coefficient (Wildman–Crippen LogP) is -0.215. The highest BCUT2D eigenvalue weighted by atomic mass is 35.5. The van der Waals surface area contributed by atoms with Gasteiger partial charge in [-0.3, -0.25) is 5.32 Å². The van der Waals surface area contributed by atoms with Crippen molar-refractivity contribution in [2.45, 2.75) is 51.5 Å². The maximum Gasteiger partial charge on any atom is 0.236 e. The van der Waals surface area contributed by atoms with Gasteiger partial charge in [-0.15, -0.1) is 11.3 Å². The van der Waals surface area contributed by atoms with Gasteiger partial charge >= 0.3 is 0 Å². The highest BCUT2D eigenvalue weighted by Gasteiger charge is 2.19. The van der Waals surface area contributed by atoms with Crippen LogP contribution in [0.2, 0.25) is 0 Å². The number of aryl methyl sites for hydroxylation is 1. The van der Waals surface area contributed by atoms with Crippen molar-refractivity contribution in [2.24, 2.45) is 0 Å². The highest BCUT2D eigenvalue weighted by Crippen LogP contribution is 2.27. The Kier molecular flexibility index (Phi) is 5.13. The van der Waals surface area contributed by atoms with Crippen LogP contribution < -0.4 is 17.7 Å². The maximum absolute atomic E-state index is 4.49. The van der Waals surface area contributed by atoms with Crippen LogP contribution in [0.5, 0.6) is 0 Å². The first-order chi connectivity index (χ1) is 8.86. The van der Waals surface area contributed by atoms with Gasteiger partial charge in [0.25, 0.3) is 0 Å². The first-order valence-electron chi connectivity index (χ1n) is 6.95. The summed E-state index contributed by atoms with van der Waals surface area (Å²) in [6.45, 7) is 2.20. The lowest BCUT2D eigenvalue weighted by molar-refractivity contribution is -0.616. The minimum atomic E-state index is 0. The zero-order chi connectivity index (χ0) is 12.4. The Balaban J connectivity index is 0.00000133. The number of hydrogen-bond acceptors (Lipinski definition) is 3. The van der Waals surface area contributed by atoms with Gasteiger partial charge in [0.2, 0.25) is 5.82 Å². The molecular formula is C14H20ClN3S. The molecule has 1 saturated carbocycles. The van der Waals surface area contributed by atoms with E-state index in [0.717, 1.165) is 23.1 Å². The lowest BCUT2D eigenvalue weighted by Gasteiger charge is -2.19. The van der Waals surface area contributed by atoms with Crippen molar-refractivity contribution in [1.29, 1.82) is 0 Å². The van der Waals surface area contributed by atoms with Gasteiger partial charge in [0.1, 0.15) is 11.2 Å². The molecule has 1 aliphatic rings. The van der Waals surface area contributed by atoms with Crippen LogP contribution in [-0.2, 0) is 6.42 Å². The van der Waals surface area contributed by atoms with E-state index < -0.39 is 0 Å². The standard InChI is InChI=1S/C14H19N3S.ClH/c1-2-11-8-12-13(15-9-16-14(12)18-11)17-10-6-4-3-5-7-10;/h8-10H,2-7H2,1H3,(H,15,16,17);1H. The zero-order valence-electron chi connectivity index (χ0n) is 11.2. The minimum Gasteiger partial charge on any atom is -1.00 e. The van der Waals surface area contributed by atoms with Crippen molar-refractivity contribution < 1.29 is 17.7 Å². The van der Waals surface area contributed by atoms with Gasteiger partial charge in [-0.25, -0.2) is 4.98 Å². The topological polar surface area (TPSA) is 42.4 Å². The van der Waals surface area contributed by atoms with Crippen LogP contribution in [-0.4, -0.2) is 16.0 Å². The number of hydrogen-bond donors (Lipinski definition) is 1. The summed E-state index contributed by atoms with van der Waals surface area (Å²) in [5.74, 6) is 1.16. The molecule has 0 aliphatic heterocycles. The quantitative estimate of drug-likeness (QED) is 0.852. The monoisotopic (exact) mass is 297 g/mol. The highest BCUT2D eigenvalue weighted by molar-refractivity contribution is 7.18. The smallest absolute Gasteiger partial charge is 0.236 e. The molecule has 3 nitrogen and oxygen atoms in total. The third kappa shape index (κ3) is 3.25. The maximum atomic E-state index is 4.49. The molecule has 0 radical (unpaired) electrons. The summed E-state index contributed by atoms with van der Waals surface area (Å²) in [5.41, 5.74) is 0. The normalized spacial score (nSPS) is 16.5. The van der Waals surface area contributed by atoms with Crippen LogP contribution in [0.15, 0.2) is 12.4 Å². The molecule has 19 heavy (non-hydrogen) atoms. The third-order valence-corrected chi connectivity index (χ3v) is 4.99. The number of nitrogens with zero attached hydrogens (tertiary/aromatic N) is 2. The van der Waals surface area contributed by atoms with Gasteiger partial charge in [-0.1, -0.05) is 13.3 Å². The molecule has 0 unspecified atom stereocenters. The van der Waals surface area contributed by atoms with E-state index in [1.165, 1.54) is 42.4 Å². The van der Waals surface area contributed by atoms with E-state index in [2.05, 4.69) is 28.3 Å². The number of fused-ring (bicyclic) bond motifs is 1. The molecule has 0 aromatic carbocycles. The SMILES string of the molecule is CCc1cc2c([NH2+]C3CCCCC3)ncnc2s1.[Cl-]. The van der Waals surface area contributed by atoms with E-state index in [9.17, 15) is 0 Å². The van der Waals surface area contributed by atoms with Gasteiger partial charge in [-0.2, -0.15) is 4.98 Å². The average Bonchev–Trinajstić information content (AvgIpc) is 2.84. The fraction of sp³-hybridized carbons (Fsp3) is 0.571. The summed E-state index contributed by atoms with van der Waals surface area (Å²) in [4.78, 5) is 11.4. The van der Waals surface area contributed by atoms with Crippen molar-refractivity contribution in [2.75, 3.05) is 0 Å². The molecular weight excluding hydrogens is 278 g/mol. The number of thiophene rings is 1. The Hall–Kier alpha value is -0.710. The van der Waals surface area contributed by atoms with E-state index in [1.807, 2.05) is 0 Å². The number of halogens is 1. The fourth-order valence-corrected chi connectivity index (χ4v) is 3.70. The Morgan fingerprint density at radius 2 is 2.05 bits per heavy atom. The number of quaternary nitrogens is 1. The molecule has 0 bridgehead atoms. The molecule has 0 atom stereocenters. The molecule has 3 rings (SSSR count). The van der Waals surface area contributed by atoms with Crippen LogP contribution in [0.1, 0.15) is 43.9 Å². The largest absolute Gasteiger partial charge is 1.00 e. The molecule has 1 aliphatic carbocycles. The van der Waals surface area contributed by atoms with Crippen LogP contribution in [0.4, 0.5) is 5.82 Å². The van der Waals surface area contributed by atoms with Gasteiger partial charge in [0.15, 0.2) is 0 Å². The molecule has 0 spiro atoms. The van der Waals surface area contributed by atoms with E-state index >= 15 is 0 Å². The van der Waals surface area contributed by atoms with Crippen LogP contribution >= 0.6 is 11.3 Å². The van der Waals surface area contributed by atoms with E-state index in [4.69, 9.17) is 0 Å². The zero-order valence-corrected chi connectivity index (χ0v) is 12.8. The third-order valence-electron chi connectivity index (χ3n) is 3.80. The van der Waals surface area contributed by atoms with Crippen LogP contribution in [0.3, 0.4) is 0 Å². The molecule has 2 aromatic heterocycles. The molecule has 104 valence electrons. The van der Waals surface area contributed by atoms with Crippen molar-refractivity contribution in [1.82, 2.24) is 9.97 Å². The van der Waals surface area contributed by atoms with E-state index in [1.54, 1.807) is 17.7 Å². The Bertz CT molecular complexity index is 534. The van der Waals surface area contributed by atoms with Crippen molar-refractivity contribution in [3.05, 3.63) is 17.3 Å². The van der Waals surface area contributed by atoms with Gasteiger partial charge < -0.3 is 12.4 Å². The summed E-state index contributed by atoms with van der Waals surface area (Å²) in [6, 6.07) is 3.00. The number of rotatable bonds is 3. The van der Waals surface area contributed by atoms with Crippen molar-refractivity contribution >= 4 is 27.4 Å². The number of aromatic nitrogens is 2. The fourth-order valence-electron chi connectivity index (χ4n) is 2.75. The Labute approximate surface area is 124 Å². The summed E-state index contributed by atoms with van der Waals surface area (Å²) in [7, 11) is 0. The Morgan fingerprint density at radius 3 is 2.79 bits per heavy atom. The van der Waals surface area contributed by atoms with Gasteiger partial charge in [0, 0.05) is 4.88 Å². The Morgan fingerprint density at radius 1 is 1.26 bits per heavy atom. The summed E-state index contributed by atoms with van der Waals surface area (Å²) in [6.07, 6.45) is 9.61. The molecule has 0 amide bonds. The van der Waals surface area contributed by atoms with Crippen LogP contribution in [0, 0.1) is 0 Å². The lowest BCUT2D eigenvalue weighted by Crippen LogP contribution is -3.00. The molecule has 2 heterocycles. The second-order valence-corrected chi connectivity index (χ2v) is 6.22. The molecule has 5 heteroatoms. The van der Waals surface area contributed by atoms with E-state index in [-0.39, 0.29) is 12.4 Å². The molecule has 0 saturated heterocycles. The summed E-state index contributed by atoms with van der Waals surface area (Å²) >= 11 is 1.80. The first kappa shape index (κ1) is 14.7. The molecule has 1 fully saturated rings. The molecule has 2 N–H and O–H groups in total. The lowest BCUT2D eigenvalue weighted by atomic mass is 9.95. The van der Waals surface area contributed by atoms with E-state index in [0.29, 0.717) is 0 Å². The predicted molar refractivity (Wildman–Crippen MR) is 75.3 cm³/mol. The van der Waals surface area contributed by atoms with Crippen LogP contribution in [0.25, 0.3) is 10.2 Å². The van der Waals surface area contributed by atoms with Gasteiger partial charge in [0.05, 0.1) is 11.4 Å². The van der Waals surface area contributed by atoms with Gasteiger partial charge in [-0.05, 0) is 38.2 Å². The van der Waals surface area contributed by atoms with Crippen molar-refractivity contribution in [3.63, 3.8) is 0 Å². The molecule has 2 aromatic rings. The summed E-state index contributed by atoms with van der Waals surface area (Å²) < 4.78 is 0.